The molecule has 3 N–H and O–H groups in total. The Hall–Kier alpha value is -1.15. The number of aliphatic carboxylic acids is 1. The zero-order valence-corrected chi connectivity index (χ0v) is 9.11. The SMILES string of the molecule is CC(C(=O)N[C@H](CO)C(=O)O)S(C)(=O)=O. The summed E-state index contributed by atoms with van der Waals surface area (Å²) in [5.74, 6) is -2.37. The average Bonchev–Trinajstić information content (AvgIpc) is 2.10. The number of amides is 1. The van der Waals surface area contributed by atoms with Crippen LogP contribution < -0.4 is 5.32 Å². The van der Waals surface area contributed by atoms with E-state index >= 15 is 0 Å². The van der Waals surface area contributed by atoms with E-state index < -0.39 is 39.6 Å². The van der Waals surface area contributed by atoms with Gasteiger partial charge in [0.05, 0.1) is 6.61 Å². The summed E-state index contributed by atoms with van der Waals surface area (Å²) < 4.78 is 21.9. The number of carbonyl (C=O) groups is 2. The van der Waals surface area contributed by atoms with Gasteiger partial charge in [-0.1, -0.05) is 0 Å². The van der Waals surface area contributed by atoms with Gasteiger partial charge in [0.15, 0.2) is 9.84 Å². The van der Waals surface area contributed by atoms with E-state index in [0.29, 0.717) is 0 Å². The first-order valence-corrected chi connectivity index (χ1v) is 5.98. The molecule has 15 heavy (non-hydrogen) atoms. The van der Waals surface area contributed by atoms with Crippen LogP contribution in [0.2, 0.25) is 0 Å². The summed E-state index contributed by atoms with van der Waals surface area (Å²) in [5.41, 5.74) is 0. The van der Waals surface area contributed by atoms with E-state index in [1.807, 2.05) is 5.32 Å². The number of carboxylic acid groups (broad SMARTS) is 1. The molecule has 0 radical (unpaired) electrons. The summed E-state index contributed by atoms with van der Waals surface area (Å²) in [5, 5.41) is 17.6. The highest BCUT2D eigenvalue weighted by atomic mass is 32.2. The molecule has 0 saturated heterocycles. The largest absolute Gasteiger partial charge is 0.480 e. The van der Waals surface area contributed by atoms with E-state index in [0.717, 1.165) is 13.2 Å². The second-order valence-corrected chi connectivity index (χ2v) is 5.42. The van der Waals surface area contributed by atoms with Crippen LogP contribution in [0, 0.1) is 0 Å². The molecule has 0 heterocycles. The normalized spacial score (nSPS) is 15.4. The Labute approximate surface area is 87.0 Å². The molecule has 0 aromatic rings. The minimum Gasteiger partial charge on any atom is -0.480 e. The van der Waals surface area contributed by atoms with Gasteiger partial charge in [-0.25, -0.2) is 13.2 Å². The maximum atomic E-state index is 11.2. The minimum atomic E-state index is -3.57. The molecule has 2 atom stereocenters. The Balaban J connectivity index is 4.56. The summed E-state index contributed by atoms with van der Waals surface area (Å²) in [6, 6.07) is -1.48. The molecule has 0 aliphatic heterocycles. The van der Waals surface area contributed by atoms with E-state index in [-0.39, 0.29) is 0 Å². The summed E-state index contributed by atoms with van der Waals surface area (Å²) in [4.78, 5) is 21.6. The van der Waals surface area contributed by atoms with Gasteiger partial charge >= 0.3 is 5.97 Å². The summed E-state index contributed by atoms with van der Waals surface area (Å²) in [6.07, 6.45) is 0.867. The Kier molecular flexibility index (Phi) is 4.69. The minimum absolute atomic E-state index is 0.794. The standard InChI is InChI=1S/C7H13NO6S/c1-4(15(2,13)14)6(10)8-5(3-9)7(11)12/h4-5,9H,3H2,1-2H3,(H,8,10)(H,11,12)/t4?,5-/m1/s1. The number of hydrogen-bond acceptors (Lipinski definition) is 5. The van der Waals surface area contributed by atoms with Gasteiger partial charge in [-0.2, -0.15) is 0 Å². The Morgan fingerprint density at radius 2 is 1.87 bits per heavy atom. The second-order valence-electron chi connectivity index (χ2n) is 3.05. The van der Waals surface area contributed by atoms with E-state index in [9.17, 15) is 18.0 Å². The topological polar surface area (TPSA) is 121 Å². The van der Waals surface area contributed by atoms with Crippen molar-refractivity contribution in [1.82, 2.24) is 5.32 Å². The van der Waals surface area contributed by atoms with E-state index in [1.165, 1.54) is 0 Å². The smallest absolute Gasteiger partial charge is 0.328 e. The number of sulfone groups is 1. The van der Waals surface area contributed by atoms with Crippen molar-refractivity contribution in [1.29, 1.82) is 0 Å². The van der Waals surface area contributed by atoms with Gasteiger partial charge in [0.25, 0.3) is 0 Å². The molecule has 0 saturated carbocycles. The van der Waals surface area contributed by atoms with Gasteiger partial charge < -0.3 is 15.5 Å². The van der Waals surface area contributed by atoms with E-state index in [2.05, 4.69) is 0 Å². The quantitative estimate of drug-likeness (QED) is 0.509. The third kappa shape index (κ3) is 4.26. The van der Waals surface area contributed by atoms with Crippen molar-refractivity contribution in [2.45, 2.75) is 18.2 Å². The molecule has 0 rings (SSSR count). The van der Waals surface area contributed by atoms with Gasteiger partial charge in [0.2, 0.25) is 5.91 Å². The zero-order chi connectivity index (χ0) is 12.2. The third-order valence-electron chi connectivity index (χ3n) is 1.81. The number of aliphatic hydroxyl groups excluding tert-OH is 1. The van der Waals surface area contributed by atoms with Crippen molar-refractivity contribution in [2.24, 2.45) is 0 Å². The van der Waals surface area contributed by atoms with Crippen LogP contribution in [0.1, 0.15) is 6.92 Å². The summed E-state index contributed by atoms with van der Waals surface area (Å²) in [7, 11) is -3.57. The number of carbonyl (C=O) groups excluding carboxylic acids is 1. The van der Waals surface area contributed by atoms with E-state index in [1.54, 1.807) is 0 Å². The molecule has 0 aromatic carbocycles. The summed E-state index contributed by atoms with van der Waals surface area (Å²) >= 11 is 0. The molecule has 0 aliphatic rings. The maximum absolute atomic E-state index is 11.2. The molecular weight excluding hydrogens is 226 g/mol. The molecule has 0 aliphatic carbocycles. The fourth-order valence-electron chi connectivity index (χ4n) is 0.669. The Morgan fingerprint density at radius 3 is 2.13 bits per heavy atom. The van der Waals surface area contributed by atoms with Crippen LogP contribution in [0.3, 0.4) is 0 Å². The van der Waals surface area contributed by atoms with Gasteiger partial charge in [-0.3, -0.25) is 4.79 Å². The fourth-order valence-corrected chi connectivity index (χ4v) is 1.13. The molecule has 0 fully saturated rings. The van der Waals surface area contributed by atoms with Crippen LogP contribution in [0.4, 0.5) is 0 Å². The predicted octanol–water partition coefficient (Wildman–Crippen LogP) is -2.02. The predicted molar refractivity (Wildman–Crippen MR) is 51.0 cm³/mol. The number of nitrogens with one attached hydrogen (secondary N) is 1. The molecule has 0 spiro atoms. The molecule has 1 amide bonds. The molecule has 1 unspecified atom stereocenters. The molecule has 8 heteroatoms. The van der Waals surface area contributed by atoms with E-state index in [4.69, 9.17) is 10.2 Å². The van der Waals surface area contributed by atoms with Crippen molar-refractivity contribution in [2.75, 3.05) is 12.9 Å². The lowest BCUT2D eigenvalue weighted by molar-refractivity contribution is -0.142. The van der Waals surface area contributed by atoms with Crippen molar-refractivity contribution in [3.05, 3.63) is 0 Å². The van der Waals surface area contributed by atoms with Crippen molar-refractivity contribution >= 4 is 21.7 Å². The third-order valence-corrected chi connectivity index (χ3v) is 3.31. The molecule has 0 aromatic heterocycles. The van der Waals surface area contributed by atoms with Crippen molar-refractivity contribution in [3.8, 4) is 0 Å². The first kappa shape index (κ1) is 13.8. The van der Waals surface area contributed by atoms with Crippen LogP contribution in [-0.4, -0.2) is 54.7 Å². The van der Waals surface area contributed by atoms with Crippen LogP contribution in [0.5, 0.6) is 0 Å². The average molecular weight is 239 g/mol. The molecule has 7 nitrogen and oxygen atoms in total. The molecule has 0 bridgehead atoms. The lowest BCUT2D eigenvalue weighted by atomic mass is 10.3. The number of aliphatic hydroxyl groups is 1. The lowest BCUT2D eigenvalue weighted by Crippen LogP contribution is -2.48. The molecule has 88 valence electrons. The van der Waals surface area contributed by atoms with Crippen LogP contribution in [0.25, 0.3) is 0 Å². The van der Waals surface area contributed by atoms with Crippen molar-refractivity contribution < 1.29 is 28.2 Å². The number of carboxylic acids is 1. The first-order chi connectivity index (χ1) is 6.70. The Bertz CT molecular complexity index is 348. The van der Waals surface area contributed by atoms with Gasteiger partial charge in [0, 0.05) is 6.26 Å². The summed E-state index contributed by atoms with van der Waals surface area (Å²) in [6.45, 7) is 0.346. The van der Waals surface area contributed by atoms with Gasteiger partial charge in [-0.05, 0) is 6.92 Å². The number of hydrogen-bond donors (Lipinski definition) is 3. The van der Waals surface area contributed by atoms with Crippen LogP contribution in [-0.2, 0) is 19.4 Å². The zero-order valence-electron chi connectivity index (χ0n) is 8.30. The van der Waals surface area contributed by atoms with Crippen LogP contribution in [0.15, 0.2) is 0 Å². The first-order valence-electron chi connectivity index (χ1n) is 4.03. The highest BCUT2D eigenvalue weighted by Crippen LogP contribution is 1.98. The van der Waals surface area contributed by atoms with Crippen LogP contribution >= 0.6 is 0 Å². The monoisotopic (exact) mass is 239 g/mol. The molecular formula is C7H13NO6S. The van der Waals surface area contributed by atoms with Gasteiger partial charge in [-0.15, -0.1) is 0 Å². The maximum Gasteiger partial charge on any atom is 0.328 e. The Morgan fingerprint density at radius 1 is 1.40 bits per heavy atom. The lowest BCUT2D eigenvalue weighted by Gasteiger charge is -2.14. The highest BCUT2D eigenvalue weighted by molar-refractivity contribution is 7.92. The fraction of sp³-hybridized carbons (Fsp3) is 0.714. The second kappa shape index (κ2) is 5.08. The van der Waals surface area contributed by atoms with Crippen molar-refractivity contribution in [3.63, 3.8) is 0 Å². The number of rotatable bonds is 5. The highest BCUT2D eigenvalue weighted by Gasteiger charge is 2.27. The van der Waals surface area contributed by atoms with Gasteiger partial charge in [0.1, 0.15) is 11.3 Å².